The lowest BCUT2D eigenvalue weighted by atomic mass is 10.1. The van der Waals surface area contributed by atoms with Crippen molar-refractivity contribution in [3.8, 4) is 0 Å². The number of hydrogen-bond donors (Lipinski definition) is 5. The molecule has 9 nitrogen and oxygen atoms in total. The zero-order valence-corrected chi connectivity index (χ0v) is 9.76. The van der Waals surface area contributed by atoms with Crippen LogP contribution < -0.4 is 11.2 Å². The van der Waals surface area contributed by atoms with Crippen molar-refractivity contribution in [3.63, 3.8) is 0 Å². The van der Waals surface area contributed by atoms with Crippen molar-refractivity contribution in [2.45, 2.75) is 31.1 Å². The first-order chi connectivity index (χ1) is 8.99. The minimum Gasteiger partial charge on any atom is -0.394 e. The van der Waals surface area contributed by atoms with E-state index in [1.165, 1.54) is 0 Å². The van der Waals surface area contributed by atoms with Crippen LogP contribution in [-0.2, 0) is 11.3 Å². The molecule has 0 radical (unpaired) electrons. The molecule has 106 valence electrons. The van der Waals surface area contributed by atoms with E-state index in [9.17, 15) is 19.8 Å². The van der Waals surface area contributed by atoms with Gasteiger partial charge in [-0.05, 0) is 0 Å². The number of ether oxygens (including phenoxy) is 1. The maximum absolute atomic E-state index is 11.6. The first-order valence-corrected chi connectivity index (χ1v) is 5.57. The van der Waals surface area contributed by atoms with Crippen LogP contribution in [0.3, 0.4) is 0 Å². The summed E-state index contributed by atoms with van der Waals surface area (Å²) < 4.78 is 6.01. The molecule has 0 aromatic carbocycles. The van der Waals surface area contributed by atoms with Crippen molar-refractivity contribution in [1.82, 2.24) is 9.55 Å². The molecule has 1 fully saturated rings. The molecule has 2 unspecified atom stereocenters. The number of hydrogen-bond acceptors (Lipinski definition) is 7. The average molecular weight is 274 g/mol. The second-order valence-electron chi connectivity index (χ2n) is 4.21. The Morgan fingerprint density at radius 3 is 2.47 bits per heavy atom. The van der Waals surface area contributed by atoms with Crippen molar-refractivity contribution in [2.75, 3.05) is 6.61 Å². The highest BCUT2D eigenvalue weighted by Gasteiger charge is 2.43. The Labute approximate surface area is 106 Å². The molecular weight excluding hydrogens is 260 g/mol. The van der Waals surface area contributed by atoms with Gasteiger partial charge in [-0.1, -0.05) is 0 Å². The Morgan fingerprint density at radius 2 is 1.95 bits per heavy atom. The van der Waals surface area contributed by atoms with Crippen LogP contribution in [0.5, 0.6) is 0 Å². The van der Waals surface area contributed by atoms with Gasteiger partial charge in [-0.15, -0.1) is 0 Å². The van der Waals surface area contributed by atoms with Crippen LogP contribution in [0.2, 0.25) is 0 Å². The van der Waals surface area contributed by atoms with Crippen LogP contribution in [0.1, 0.15) is 11.8 Å². The molecule has 0 saturated carbocycles. The molecule has 1 aliphatic rings. The SMILES string of the molecule is O=c1[nH]c(=O)n([C@@H]2O[C@H](CO)C(O)C2O)cc1CO. The van der Waals surface area contributed by atoms with Gasteiger partial charge in [-0.2, -0.15) is 0 Å². The lowest BCUT2D eigenvalue weighted by Crippen LogP contribution is -2.38. The van der Waals surface area contributed by atoms with Crippen LogP contribution in [0.15, 0.2) is 15.8 Å². The van der Waals surface area contributed by atoms with E-state index >= 15 is 0 Å². The van der Waals surface area contributed by atoms with Gasteiger partial charge in [0.15, 0.2) is 6.23 Å². The maximum atomic E-state index is 11.6. The lowest BCUT2D eigenvalue weighted by molar-refractivity contribution is -0.0552. The first kappa shape index (κ1) is 13.9. The third kappa shape index (κ3) is 2.33. The van der Waals surface area contributed by atoms with Gasteiger partial charge in [0.2, 0.25) is 0 Å². The fraction of sp³-hybridized carbons (Fsp3) is 0.600. The Hall–Kier alpha value is -1.52. The van der Waals surface area contributed by atoms with E-state index in [1.54, 1.807) is 0 Å². The van der Waals surface area contributed by atoms with Crippen molar-refractivity contribution < 1.29 is 25.2 Å². The van der Waals surface area contributed by atoms with Crippen LogP contribution in [0.4, 0.5) is 0 Å². The minimum absolute atomic E-state index is 0.0858. The minimum atomic E-state index is -1.44. The predicted octanol–water partition coefficient (Wildman–Crippen LogP) is -3.36. The van der Waals surface area contributed by atoms with Crippen molar-refractivity contribution in [3.05, 3.63) is 32.6 Å². The topological polar surface area (TPSA) is 145 Å². The molecule has 0 spiro atoms. The molecule has 0 bridgehead atoms. The van der Waals surface area contributed by atoms with Crippen molar-refractivity contribution >= 4 is 0 Å². The van der Waals surface area contributed by atoms with Crippen LogP contribution in [0.25, 0.3) is 0 Å². The monoisotopic (exact) mass is 274 g/mol. The number of nitrogens with one attached hydrogen (secondary N) is 1. The molecule has 5 N–H and O–H groups in total. The summed E-state index contributed by atoms with van der Waals surface area (Å²) in [7, 11) is 0. The summed E-state index contributed by atoms with van der Waals surface area (Å²) in [6.45, 7) is -1.12. The maximum Gasteiger partial charge on any atom is 0.330 e. The average Bonchev–Trinajstić information content (AvgIpc) is 2.67. The van der Waals surface area contributed by atoms with E-state index in [1.807, 2.05) is 4.98 Å². The molecule has 1 saturated heterocycles. The number of aromatic nitrogens is 2. The van der Waals surface area contributed by atoms with Gasteiger partial charge in [-0.25, -0.2) is 4.79 Å². The summed E-state index contributed by atoms with van der Waals surface area (Å²) >= 11 is 0. The van der Waals surface area contributed by atoms with Gasteiger partial charge in [0, 0.05) is 6.20 Å². The van der Waals surface area contributed by atoms with Gasteiger partial charge in [-0.3, -0.25) is 14.3 Å². The zero-order valence-electron chi connectivity index (χ0n) is 9.76. The fourth-order valence-corrected chi connectivity index (χ4v) is 1.94. The summed E-state index contributed by atoms with van der Waals surface area (Å²) in [5, 5.41) is 37.3. The van der Waals surface area contributed by atoms with Crippen molar-refractivity contribution in [2.24, 2.45) is 0 Å². The summed E-state index contributed by atoms with van der Waals surface area (Å²) in [6, 6.07) is 0. The molecule has 0 aliphatic carbocycles. The van der Waals surface area contributed by atoms with Gasteiger partial charge < -0.3 is 25.2 Å². The summed E-state index contributed by atoms with van der Waals surface area (Å²) in [6.07, 6.45) is -4.03. The molecule has 1 aromatic rings. The Morgan fingerprint density at radius 1 is 1.26 bits per heavy atom. The molecule has 0 amide bonds. The molecule has 1 aromatic heterocycles. The number of nitrogens with zero attached hydrogens (tertiary/aromatic N) is 1. The normalized spacial score (nSPS) is 30.7. The number of H-pyrrole nitrogens is 1. The molecule has 19 heavy (non-hydrogen) atoms. The summed E-state index contributed by atoms with van der Waals surface area (Å²) in [4.78, 5) is 24.9. The molecule has 9 heteroatoms. The number of aliphatic hydroxyl groups is 4. The summed E-state index contributed by atoms with van der Waals surface area (Å²) in [5.74, 6) is 0. The van der Waals surface area contributed by atoms with Gasteiger partial charge in [0.05, 0.1) is 18.8 Å². The lowest BCUT2D eigenvalue weighted by Gasteiger charge is -2.17. The second-order valence-corrected chi connectivity index (χ2v) is 4.21. The van der Waals surface area contributed by atoms with E-state index in [2.05, 4.69) is 0 Å². The Kier molecular flexibility index (Phi) is 3.83. The molecule has 4 atom stereocenters. The van der Waals surface area contributed by atoms with Crippen LogP contribution >= 0.6 is 0 Å². The van der Waals surface area contributed by atoms with Crippen molar-refractivity contribution in [1.29, 1.82) is 0 Å². The molecule has 1 aliphatic heterocycles. The predicted molar refractivity (Wildman–Crippen MR) is 60.3 cm³/mol. The van der Waals surface area contributed by atoms with Crippen LogP contribution in [-0.4, -0.2) is 54.9 Å². The molecular formula is C10H14N2O7. The van der Waals surface area contributed by atoms with Crippen LogP contribution in [0, 0.1) is 0 Å². The highest BCUT2D eigenvalue weighted by Crippen LogP contribution is 2.27. The third-order valence-electron chi connectivity index (χ3n) is 3.00. The highest BCUT2D eigenvalue weighted by atomic mass is 16.6. The van der Waals surface area contributed by atoms with Gasteiger partial charge in [0.25, 0.3) is 5.56 Å². The smallest absolute Gasteiger partial charge is 0.330 e. The van der Waals surface area contributed by atoms with E-state index in [-0.39, 0.29) is 5.56 Å². The standard InChI is InChI=1S/C10H14N2O7/c13-2-4-1-12(10(18)11-8(4)17)9-7(16)6(15)5(3-14)19-9/h1,5-7,9,13-16H,2-3H2,(H,11,17,18)/t5-,6?,7?,9-/m1/s1. The quantitative estimate of drug-likeness (QED) is 0.387. The largest absolute Gasteiger partial charge is 0.394 e. The number of aliphatic hydroxyl groups excluding tert-OH is 4. The Balaban J connectivity index is 2.43. The second kappa shape index (κ2) is 5.23. The first-order valence-electron chi connectivity index (χ1n) is 5.57. The van der Waals surface area contributed by atoms with E-state index in [4.69, 9.17) is 14.9 Å². The summed E-state index contributed by atoms with van der Waals surface area (Å²) in [5.41, 5.74) is -1.68. The molecule has 2 rings (SSSR count). The zero-order chi connectivity index (χ0) is 14.2. The van der Waals surface area contributed by atoms with Gasteiger partial charge >= 0.3 is 5.69 Å². The Bertz CT molecular complexity index is 566. The third-order valence-corrected chi connectivity index (χ3v) is 3.00. The van der Waals surface area contributed by atoms with E-state index in [0.717, 1.165) is 10.8 Å². The number of aromatic amines is 1. The van der Waals surface area contributed by atoms with Gasteiger partial charge in [0.1, 0.15) is 18.3 Å². The van der Waals surface area contributed by atoms with E-state index < -0.39 is 49.0 Å². The highest BCUT2D eigenvalue weighted by molar-refractivity contribution is 5.04. The number of rotatable bonds is 3. The molecule has 2 heterocycles. The fourth-order valence-electron chi connectivity index (χ4n) is 1.94. The van der Waals surface area contributed by atoms with E-state index in [0.29, 0.717) is 0 Å².